The highest BCUT2D eigenvalue weighted by molar-refractivity contribution is 9.10. The monoisotopic (exact) mass is 361 g/mol. The Hall–Kier alpha value is -1.14. The molecule has 0 saturated heterocycles. The van der Waals surface area contributed by atoms with Crippen molar-refractivity contribution in [1.82, 2.24) is 9.55 Å². The molecular formula is C13H14BrClFN3O. The molecule has 1 heterocycles. The number of rotatable bonds is 4. The number of fused-ring (bicyclic) bond motifs is 1. The molecule has 2 rings (SSSR count). The largest absolute Gasteiger partial charge is 0.368 e. The predicted molar refractivity (Wildman–Crippen MR) is 80.0 cm³/mol. The van der Waals surface area contributed by atoms with Gasteiger partial charge in [-0.2, -0.15) is 0 Å². The molecule has 108 valence electrons. The lowest BCUT2D eigenvalue weighted by molar-refractivity contribution is -0.122. The van der Waals surface area contributed by atoms with E-state index in [-0.39, 0.29) is 11.8 Å². The van der Waals surface area contributed by atoms with Crippen LogP contribution in [0.2, 0.25) is 0 Å². The maximum absolute atomic E-state index is 13.6. The molecule has 7 heteroatoms. The van der Waals surface area contributed by atoms with E-state index in [1.54, 1.807) is 10.6 Å². The first-order valence-corrected chi connectivity index (χ1v) is 7.40. The van der Waals surface area contributed by atoms with Gasteiger partial charge in [-0.05, 0) is 27.9 Å². The second-order valence-corrected chi connectivity index (χ2v) is 6.00. The van der Waals surface area contributed by atoms with Gasteiger partial charge in [0.2, 0.25) is 5.91 Å². The average Bonchev–Trinajstić information content (AvgIpc) is 2.67. The fourth-order valence-electron chi connectivity index (χ4n) is 2.30. The minimum Gasteiger partial charge on any atom is -0.368 e. The summed E-state index contributed by atoms with van der Waals surface area (Å²) in [4.78, 5) is 16.0. The molecule has 20 heavy (non-hydrogen) atoms. The second kappa shape index (κ2) is 5.69. The molecule has 0 spiro atoms. The topological polar surface area (TPSA) is 60.9 Å². The first kappa shape index (κ1) is 15.3. The van der Waals surface area contributed by atoms with Crippen LogP contribution in [0.4, 0.5) is 4.39 Å². The summed E-state index contributed by atoms with van der Waals surface area (Å²) < 4.78 is 15.6. The van der Waals surface area contributed by atoms with Crippen LogP contribution in [-0.4, -0.2) is 15.5 Å². The number of imidazole rings is 1. The number of nitrogens with two attached hydrogens (primary N) is 1. The normalized spacial score (nSPS) is 13.1. The van der Waals surface area contributed by atoms with Crippen LogP contribution < -0.4 is 5.73 Å². The zero-order valence-electron chi connectivity index (χ0n) is 11.0. The van der Waals surface area contributed by atoms with Gasteiger partial charge in [0.1, 0.15) is 17.7 Å². The molecule has 0 radical (unpaired) electrons. The third kappa shape index (κ3) is 2.54. The van der Waals surface area contributed by atoms with Gasteiger partial charge in [0.25, 0.3) is 0 Å². The lowest BCUT2D eigenvalue weighted by atomic mass is 10.0. The van der Waals surface area contributed by atoms with Crippen molar-refractivity contribution in [3.8, 4) is 0 Å². The Labute approximate surface area is 129 Å². The molecule has 2 aromatic rings. The summed E-state index contributed by atoms with van der Waals surface area (Å²) in [6, 6.07) is 2.32. The fraction of sp³-hybridized carbons (Fsp3) is 0.385. The number of amides is 1. The number of carbonyl (C=O) groups is 1. The zero-order chi connectivity index (χ0) is 15.0. The molecule has 0 saturated carbocycles. The lowest BCUT2D eigenvalue weighted by Crippen LogP contribution is -2.31. The summed E-state index contributed by atoms with van der Waals surface area (Å²) >= 11 is 9.04. The van der Waals surface area contributed by atoms with Crippen molar-refractivity contribution in [2.75, 3.05) is 0 Å². The van der Waals surface area contributed by atoms with E-state index in [4.69, 9.17) is 17.3 Å². The highest BCUT2D eigenvalue weighted by Gasteiger charge is 2.26. The molecule has 0 aliphatic heterocycles. The minimum absolute atomic E-state index is 0.0318. The number of hydrogen-bond donors (Lipinski definition) is 1. The Morgan fingerprint density at radius 2 is 2.20 bits per heavy atom. The summed E-state index contributed by atoms with van der Waals surface area (Å²) in [5.41, 5.74) is 6.58. The van der Waals surface area contributed by atoms with E-state index in [1.165, 1.54) is 6.07 Å². The van der Waals surface area contributed by atoms with Gasteiger partial charge in [-0.15, -0.1) is 11.6 Å². The van der Waals surface area contributed by atoms with Gasteiger partial charge in [0.05, 0.1) is 21.4 Å². The second-order valence-electron chi connectivity index (χ2n) is 4.88. The standard InChI is InChI=1S/C13H14BrClFN3O/c1-6(2)12(13(17)20)19-10-3-7(14)8(16)4-9(10)18-11(19)5-15/h3-4,6,12H,5H2,1-2H3,(H2,17,20). The molecule has 1 unspecified atom stereocenters. The first-order chi connectivity index (χ1) is 9.36. The third-order valence-electron chi connectivity index (χ3n) is 3.13. The molecular weight excluding hydrogens is 349 g/mol. The zero-order valence-corrected chi connectivity index (χ0v) is 13.4. The van der Waals surface area contributed by atoms with Crippen molar-refractivity contribution in [2.45, 2.75) is 25.8 Å². The van der Waals surface area contributed by atoms with E-state index in [1.807, 2.05) is 13.8 Å². The first-order valence-electron chi connectivity index (χ1n) is 6.08. The molecule has 2 N–H and O–H groups in total. The smallest absolute Gasteiger partial charge is 0.240 e. The van der Waals surface area contributed by atoms with Gasteiger partial charge in [-0.25, -0.2) is 9.37 Å². The van der Waals surface area contributed by atoms with E-state index < -0.39 is 17.8 Å². The summed E-state index contributed by atoms with van der Waals surface area (Å²) in [5, 5.41) is 0. The van der Waals surface area contributed by atoms with Crippen LogP contribution in [0.15, 0.2) is 16.6 Å². The molecule has 1 aromatic heterocycles. The van der Waals surface area contributed by atoms with E-state index in [2.05, 4.69) is 20.9 Å². The number of alkyl halides is 1. The third-order valence-corrected chi connectivity index (χ3v) is 3.97. The van der Waals surface area contributed by atoms with Gasteiger partial charge in [-0.3, -0.25) is 4.79 Å². The Balaban J connectivity index is 2.78. The maximum Gasteiger partial charge on any atom is 0.240 e. The summed E-state index contributed by atoms with van der Waals surface area (Å²) in [7, 11) is 0. The number of hydrogen-bond acceptors (Lipinski definition) is 2. The van der Waals surface area contributed by atoms with Crippen LogP contribution in [-0.2, 0) is 10.7 Å². The van der Waals surface area contributed by atoms with Gasteiger partial charge in [-0.1, -0.05) is 13.8 Å². The van der Waals surface area contributed by atoms with Gasteiger partial charge in [0, 0.05) is 6.07 Å². The quantitative estimate of drug-likeness (QED) is 0.848. The summed E-state index contributed by atoms with van der Waals surface area (Å²) in [5.74, 6) is -0.299. The highest BCUT2D eigenvalue weighted by Crippen LogP contribution is 2.30. The Morgan fingerprint density at radius 3 is 2.70 bits per heavy atom. The molecule has 0 fully saturated rings. The van der Waals surface area contributed by atoms with Crippen LogP contribution in [0.5, 0.6) is 0 Å². The fourth-order valence-corrected chi connectivity index (χ4v) is 2.82. The number of halogens is 3. The van der Waals surface area contributed by atoms with E-state index in [0.717, 1.165) is 0 Å². The van der Waals surface area contributed by atoms with Gasteiger partial charge in [0.15, 0.2) is 0 Å². The lowest BCUT2D eigenvalue weighted by Gasteiger charge is -2.21. The van der Waals surface area contributed by atoms with Crippen LogP contribution >= 0.6 is 27.5 Å². The predicted octanol–water partition coefficient (Wildman–Crippen LogP) is 3.36. The van der Waals surface area contributed by atoms with Crippen molar-refractivity contribution in [2.24, 2.45) is 11.7 Å². The molecule has 0 aliphatic carbocycles. The van der Waals surface area contributed by atoms with E-state index in [0.29, 0.717) is 21.3 Å². The van der Waals surface area contributed by atoms with Crippen LogP contribution in [0.1, 0.15) is 25.7 Å². The van der Waals surface area contributed by atoms with E-state index >= 15 is 0 Å². The Kier molecular flexibility index (Phi) is 4.34. The average molecular weight is 363 g/mol. The van der Waals surface area contributed by atoms with E-state index in [9.17, 15) is 9.18 Å². The van der Waals surface area contributed by atoms with Gasteiger partial charge < -0.3 is 10.3 Å². The molecule has 1 amide bonds. The van der Waals surface area contributed by atoms with Gasteiger partial charge >= 0.3 is 0 Å². The molecule has 0 bridgehead atoms. The SMILES string of the molecule is CC(C)C(C(N)=O)n1c(CCl)nc2cc(F)c(Br)cc21. The number of nitrogens with zero attached hydrogens (tertiary/aromatic N) is 2. The van der Waals surface area contributed by atoms with Crippen LogP contribution in [0.3, 0.4) is 0 Å². The number of carbonyl (C=O) groups excluding carboxylic acids is 1. The molecule has 1 atom stereocenters. The molecule has 1 aromatic carbocycles. The van der Waals surface area contributed by atoms with Crippen molar-refractivity contribution in [3.05, 3.63) is 28.2 Å². The maximum atomic E-state index is 13.6. The molecule has 4 nitrogen and oxygen atoms in total. The number of aromatic nitrogens is 2. The Bertz CT molecular complexity index is 671. The van der Waals surface area contributed by atoms with Crippen molar-refractivity contribution in [1.29, 1.82) is 0 Å². The van der Waals surface area contributed by atoms with Crippen molar-refractivity contribution < 1.29 is 9.18 Å². The molecule has 0 aliphatic rings. The highest BCUT2D eigenvalue weighted by atomic mass is 79.9. The number of benzene rings is 1. The van der Waals surface area contributed by atoms with Crippen molar-refractivity contribution in [3.63, 3.8) is 0 Å². The Morgan fingerprint density at radius 1 is 1.55 bits per heavy atom. The van der Waals surface area contributed by atoms with Crippen molar-refractivity contribution >= 4 is 44.5 Å². The summed E-state index contributed by atoms with van der Waals surface area (Å²) in [6.45, 7) is 3.77. The number of primary amides is 1. The van der Waals surface area contributed by atoms with Crippen LogP contribution in [0.25, 0.3) is 11.0 Å². The minimum atomic E-state index is -0.578. The summed E-state index contributed by atoms with van der Waals surface area (Å²) in [6.07, 6.45) is 0. The van der Waals surface area contributed by atoms with Crippen LogP contribution in [0, 0.1) is 11.7 Å².